The van der Waals surface area contributed by atoms with E-state index in [9.17, 15) is 4.79 Å². The van der Waals surface area contributed by atoms with E-state index in [-0.39, 0.29) is 6.03 Å². The molecule has 16 heavy (non-hydrogen) atoms. The minimum Gasteiger partial charge on any atom is -0.326 e. The topological polar surface area (TPSA) is 26.8 Å². The first-order chi connectivity index (χ1) is 7.50. The van der Waals surface area contributed by atoms with Crippen molar-refractivity contribution in [3.63, 3.8) is 0 Å². The number of carbonyl (C=O) groups is 1. The summed E-state index contributed by atoms with van der Waals surface area (Å²) < 4.78 is 0. The molecule has 0 N–H and O–H groups in total. The van der Waals surface area contributed by atoms with Crippen molar-refractivity contribution in [2.24, 2.45) is 5.92 Å². The van der Waals surface area contributed by atoms with Crippen molar-refractivity contribution in [2.45, 2.75) is 19.8 Å². The van der Waals surface area contributed by atoms with Crippen LogP contribution in [0.2, 0.25) is 0 Å². The minimum atomic E-state index is 0.188. The van der Waals surface area contributed by atoms with Crippen LogP contribution < -0.4 is 0 Å². The molecule has 0 aromatic heterocycles. The molecule has 0 aliphatic carbocycles. The smallest absolute Gasteiger partial charge is 0.319 e. The molecule has 1 heterocycles. The van der Waals surface area contributed by atoms with E-state index in [1.165, 1.54) is 6.42 Å². The van der Waals surface area contributed by atoms with Crippen LogP contribution in [-0.4, -0.2) is 68.1 Å². The highest BCUT2D eigenvalue weighted by Crippen LogP contribution is 2.16. The Kier molecular flexibility index (Phi) is 5.06. The maximum absolute atomic E-state index is 12.1. The average Bonchev–Trinajstić information content (AvgIpc) is 2.24. The van der Waals surface area contributed by atoms with E-state index in [1.807, 2.05) is 30.9 Å². The molecule has 0 aromatic rings. The summed E-state index contributed by atoms with van der Waals surface area (Å²) in [7, 11) is 5.95. The van der Waals surface area contributed by atoms with Crippen molar-refractivity contribution < 1.29 is 4.79 Å². The van der Waals surface area contributed by atoms with E-state index < -0.39 is 0 Å². The highest BCUT2D eigenvalue weighted by atomic mass is 16.2. The highest BCUT2D eigenvalue weighted by molar-refractivity contribution is 5.74. The summed E-state index contributed by atoms with van der Waals surface area (Å²) in [6.07, 6.45) is 2.40. The maximum Gasteiger partial charge on any atom is 0.319 e. The van der Waals surface area contributed by atoms with Crippen molar-refractivity contribution in [3.05, 3.63) is 0 Å². The number of rotatable bonds is 3. The normalized spacial score (nSPS) is 21.3. The molecule has 94 valence electrons. The molecule has 0 radical (unpaired) electrons. The van der Waals surface area contributed by atoms with Gasteiger partial charge in [-0.05, 0) is 32.9 Å². The molecule has 2 amide bonds. The van der Waals surface area contributed by atoms with Gasteiger partial charge in [-0.2, -0.15) is 0 Å². The molecule has 1 saturated heterocycles. The van der Waals surface area contributed by atoms with Gasteiger partial charge in [0, 0.05) is 33.2 Å². The molecule has 0 spiro atoms. The van der Waals surface area contributed by atoms with Crippen LogP contribution in [-0.2, 0) is 0 Å². The third-order valence-corrected chi connectivity index (χ3v) is 3.14. The largest absolute Gasteiger partial charge is 0.326 e. The SMILES string of the molecule is CC1CCCN(C(=O)N(C)CCN(C)C)C1. The van der Waals surface area contributed by atoms with Crippen molar-refractivity contribution in [3.8, 4) is 0 Å². The fourth-order valence-electron chi connectivity index (χ4n) is 2.05. The van der Waals surface area contributed by atoms with Crippen molar-refractivity contribution in [2.75, 3.05) is 47.3 Å². The first-order valence-electron chi connectivity index (χ1n) is 6.15. The average molecular weight is 227 g/mol. The quantitative estimate of drug-likeness (QED) is 0.727. The van der Waals surface area contributed by atoms with E-state index in [0.29, 0.717) is 5.92 Å². The Labute approximate surface area is 99.2 Å². The molecule has 1 atom stereocenters. The predicted molar refractivity (Wildman–Crippen MR) is 66.6 cm³/mol. The number of amides is 2. The maximum atomic E-state index is 12.1. The summed E-state index contributed by atoms with van der Waals surface area (Å²) in [5.41, 5.74) is 0. The summed E-state index contributed by atoms with van der Waals surface area (Å²) in [6.45, 7) is 5.79. The van der Waals surface area contributed by atoms with E-state index in [1.54, 1.807) is 0 Å². The standard InChI is InChI=1S/C12H25N3O/c1-11-6-5-7-15(10-11)12(16)14(4)9-8-13(2)3/h11H,5-10H2,1-4H3. The fraction of sp³-hybridized carbons (Fsp3) is 0.917. The van der Waals surface area contributed by atoms with Gasteiger partial charge in [0.05, 0.1) is 0 Å². The predicted octanol–water partition coefficient (Wildman–Crippen LogP) is 1.33. The number of nitrogens with zero attached hydrogens (tertiary/aromatic N) is 3. The monoisotopic (exact) mass is 227 g/mol. The number of likely N-dealkylation sites (tertiary alicyclic amines) is 1. The van der Waals surface area contributed by atoms with Crippen LogP contribution in [0, 0.1) is 5.92 Å². The molecule has 1 aliphatic heterocycles. The number of likely N-dealkylation sites (N-methyl/N-ethyl adjacent to an activating group) is 2. The zero-order valence-electron chi connectivity index (χ0n) is 11.1. The van der Waals surface area contributed by atoms with Crippen LogP contribution in [0.3, 0.4) is 0 Å². The van der Waals surface area contributed by atoms with Gasteiger partial charge in [-0.25, -0.2) is 4.79 Å². The summed E-state index contributed by atoms with van der Waals surface area (Å²) in [5, 5.41) is 0. The lowest BCUT2D eigenvalue weighted by molar-refractivity contribution is 0.137. The zero-order chi connectivity index (χ0) is 12.1. The first-order valence-corrected chi connectivity index (χ1v) is 6.15. The van der Waals surface area contributed by atoms with Crippen LogP contribution in [0.1, 0.15) is 19.8 Å². The number of hydrogen-bond donors (Lipinski definition) is 0. The Balaban J connectivity index is 2.37. The van der Waals surface area contributed by atoms with Gasteiger partial charge in [-0.3, -0.25) is 0 Å². The zero-order valence-corrected chi connectivity index (χ0v) is 11.1. The van der Waals surface area contributed by atoms with Crippen molar-refractivity contribution in [1.82, 2.24) is 14.7 Å². The fourth-order valence-corrected chi connectivity index (χ4v) is 2.05. The number of urea groups is 1. The van der Waals surface area contributed by atoms with Crippen LogP contribution in [0.25, 0.3) is 0 Å². The van der Waals surface area contributed by atoms with E-state index >= 15 is 0 Å². The molecule has 1 aliphatic rings. The molecule has 0 saturated carbocycles. The number of carbonyl (C=O) groups excluding carboxylic acids is 1. The van der Waals surface area contributed by atoms with E-state index in [0.717, 1.165) is 32.6 Å². The summed E-state index contributed by atoms with van der Waals surface area (Å²) in [5.74, 6) is 0.653. The Morgan fingerprint density at radius 2 is 2.00 bits per heavy atom. The van der Waals surface area contributed by atoms with Gasteiger partial charge in [0.15, 0.2) is 0 Å². The van der Waals surface area contributed by atoms with Gasteiger partial charge in [-0.1, -0.05) is 6.92 Å². The third kappa shape index (κ3) is 4.00. The lowest BCUT2D eigenvalue weighted by Crippen LogP contribution is -2.47. The molecule has 1 rings (SSSR count). The molecule has 1 fully saturated rings. The molecule has 4 nitrogen and oxygen atoms in total. The second-order valence-electron chi connectivity index (χ2n) is 5.20. The van der Waals surface area contributed by atoms with Gasteiger partial charge >= 0.3 is 6.03 Å². The van der Waals surface area contributed by atoms with Crippen molar-refractivity contribution in [1.29, 1.82) is 0 Å². The molecule has 0 aromatic carbocycles. The highest BCUT2D eigenvalue weighted by Gasteiger charge is 2.23. The lowest BCUT2D eigenvalue weighted by atomic mass is 10.0. The lowest BCUT2D eigenvalue weighted by Gasteiger charge is -2.34. The van der Waals surface area contributed by atoms with Crippen LogP contribution in [0.5, 0.6) is 0 Å². The summed E-state index contributed by atoms with van der Waals surface area (Å²) >= 11 is 0. The van der Waals surface area contributed by atoms with Crippen molar-refractivity contribution >= 4 is 6.03 Å². The van der Waals surface area contributed by atoms with Gasteiger partial charge < -0.3 is 14.7 Å². The summed E-state index contributed by atoms with van der Waals surface area (Å²) in [4.78, 5) is 18.0. The molecular weight excluding hydrogens is 202 g/mol. The van der Waals surface area contributed by atoms with Crippen LogP contribution >= 0.6 is 0 Å². The minimum absolute atomic E-state index is 0.188. The Hall–Kier alpha value is -0.770. The van der Waals surface area contributed by atoms with E-state index in [4.69, 9.17) is 0 Å². The first kappa shape index (κ1) is 13.3. The number of piperidine rings is 1. The van der Waals surface area contributed by atoms with Gasteiger partial charge in [0.2, 0.25) is 0 Å². The number of hydrogen-bond acceptors (Lipinski definition) is 2. The van der Waals surface area contributed by atoms with E-state index in [2.05, 4.69) is 11.8 Å². The van der Waals surface area contributed by atoms with Gasteiger partial charge in [0.1, 0.15) is 0 Å². The molecule has 0 bridgehead atoms. The molecule has 1 unspecified atom stereocenters. The van der Waals surface area contributed by atoms with Crippen LogP contribution in [0.15, 0.2) is 0 Å². The third-order valence-electron chi connectivity index (χ3n) is 3.14. The van der Waals surface area contributed by atoms with Gasteiger partial charge in [-0.15, -0.1) is 0 Å². The second kappa shape index (κ2) is 6.09. The van der Waals surface area contributed by atoms with Crippen LogP contribution in [0.4, 0.5) is 4.79 Å². The van der Waals surface area contributed by atoms with Gasteiger partial charge in [0.25, 0.3) is 0 Å². The second-order valence-corrected chi connectivity index (χ2v) is 5.20. The Morgan fingerprint density at radius 3 is 2.56 bits per heavy atom. The molecular formula is C12H25N3O. The Morgan fingerprint density at radius 1 is 1.31 bits per heavy atom. The summed E-state index contributed by atoms with van der Waals surface area (Å²) in [6, 6.07) is 0.188. The Bertz CT molecular complexity index is 230. The molecule has 4 heteroatoms.